The molecule has 5 heteroatoms. The van der Waals surface area contributed by atoms with Gasteiger partial charge >= 0.3 is 0 Å². The lowest BCUT2D eigenvalue weighted by molar-refractivity contribution is 0.618. The molecule has 0 spiro atoms. The molecule has 1 atom stereocenters. The highest BCUT2D eigenvalue weighted by Gasteiger charge is 2.18. The largest absolute Gasteiger partial charge is 0.309 e. The minimum absolute atomic E-state index is 0.121. The number of halogens is 2. The number of aryl methyl sites for hydroxylation is 1. The second kappa shape index (κ2) is 5.12. The molecule has 0 saturated carbocycles. The molecule has 0 amide bonds. The van der Waals surface area contributed by atoms with Gasteiger partial charge < -0.3 is 5.32 Å². The van der Waals surface area contributed by atoms with Crippen molar-refractivity contribution in [3.05, 3.63) is 50.7 Å². The summed E-state index contributed by atoms with van der Waals surface area (Å²) in [6.45, 7) is 1.94. The number of hydrogen-bond acceptors (Lipinski definition) is 3. The third-order valence-electron chi connectivity index (χ3n) is 2.48. The number of aromatic nitrogens is 1. The van der Waals surface area contributed by atoms with Crippen molar-refractivity contribution in [1.29, 1.82) is 0 Å². The summed E-state index contributed by atoms with van der Waals surface area (Å²) in [6, 6.07) is 4.27. The lowest BCUT2D eigenvalue weighted by Crippen LogP contribution is -2.17. The van der Waals surface area contributed by atoms with E-state index in [1.165, 1.54) is 12.1 Å². The normalized spacial score (nSPS) is 12.7. The van der Waals surface area contributed by atoms with Gasteiger partial charge in [-0.15, -0.1) is 11.3 Å². The van der Waals surface area contributed by atoms with Crippen LogP contribution < -0.4 is 5.32 Å². The minimum atomic E-state index is -0.286. The summed E-state index contributed by atoms with van der Waals surface area (Å²) in [5.41, 5.74) is 0.734. The van der Waals surface area contributed by atoms with Crippen LogP contribution in [0.25, 0.3) is 0 Å². The highest BCUT2D eigenvalue weighted by atomic mass is 35.5. The summed E-state index contributed by atoms with van der Waals surface area (Å²) in [4.78, 5) is 5.23. The molecule has 2 nitrogen and oxygen atoms in total. The van der Waals surface area contributed by atoms with Gasteiger partial charge in [0.2, 0.25) is 0 Å². The molecule has 1 N–H and O–H groups in total. The molecule has 0 saturated heterocycles. The van der Waals surface area contributed by atoms with Crippen LogP contribution in [0, 0.1) is 12.7 Å². The predicted molar refractivity (Wildman–Crippen MR) is 69.2 cm³/mol. The Morgan fingerprint density at radius 1 is 1.47 bits per heavy atom. The Balaban J connectivity index is 2.45. The molecule has 1 aromatic carbocycles. The van der Waals surface area contributed by atoms with Crippen LogP contribution in [0.5, 0.6) is 0 Å². The first-order valence-electron chi connectivity index (χ1n) is 5.16. The Hall–Kier alpha value is -0.970. The first-order chi connectivity index (χ1) is 8.11. The number of thiazole rings is 1. The molecule has 2 rings (SSSR count). The fourth-order valence-corrected chi connectivity index (χ4v) is 2.84. The molecule has 1 heterocycles. The smallest absolute Gasteiger partial charge is 0.123 e. The zero-order chi connectivity index (χ0) is 12.4. The second-order valence-corrected chi connectivity index (χ2v) is 5.34. The Morgan fingerprint density at radius 2 is 2.24 bits per heavy atom. The van der Waals surface area contributed by atoms with Gasteiger partial charge in [0, 0.05) is 16.1 Å². The summed E-state index contributed by atoms with van der Waals surface area (Å²) >= 11 is 7.68. The van der Waals surface area contributed by atoms with Crippen LogP contribution >= 0.6 is 22.9 Å². The van der Waals surface area contributed by atoms with E-state index in [0.717, 1.165) is 15.4 Å². The molecule has 0 aliphatic rings. The molecule has 1 aromatic heterocycles. The Morgan fingerprint density at radius 3 is 2.82 bits per heavy atom. The molecule has 0 aliphatic heterocycles. The van der Waals surface area contributed by atoms with Crippen molar-refractivity contribution in [3.8, 4) is 0 Å². The molecule has 0 fully saturated rings. The quantitative estimate of drug-likeness (QED) is 0.923. The maximum absolute atomic E-state index is 13.3. The van der Waals surface area contributed by atoms with Gasteiger partial charge in [0.25, 0.3) is 0 Å². The summed E-state index contributed by atoms with van der Waals surface area (Å²) in [5, 5.41) is 4.67. The van der Waals surface area contributed by atoms with Crippen LogP contribution in [-0.2, 0) is 0 Å². The first-order valence-corrected chi connectivity index (χ1v) is 6.36. The van der Waals surface area contributed by atoms with Crippen molar-refractivity contribution >= 4 is 22.9 Å². The van der Waals surface area contributed by atoms with Crippen LogP contribution in [0.2, 0.25) is 5.02 Å². The van der Waals surface area contributed by atoms with E-state index in [0.29, 0.717) is 5.02 Å². The third kappa shape index (κ3) is 2.65. The van der Waals surface area contributed by atoms with Gasteiger partial charge in [0.05, 0.1) is 11.0 Å². The van der Waals surface area contributed by atoms with Crippen molar-refractivity contribution in [1.82, 2.24) is 10.3 Å². The zero-order valence-corrected chi connectivity index (χ0v) is 11.1. The second-order valence-electron chi connectivity index (χ2n) is 3.67. The van der Waals surface area contributed by atoms with E-state index in [4.69, 9.17) is 11.6 Å². The van der Waals surface area contributed by atoms with Crippen molar-refractivity contribution in [2.24, 2.45) is 0 Å². The standard InChI is InChI=1S/C12H12ClFN2S/c1-7-16-6-11(17-7)12(15-2)9-5-8(14)3-4-10(9)13/h3-6,12,15H,1-2H3. The lowest BCUT2D eigenvalue weighted by atomic mass is 10.1. The number of rotatable bonds is 3. The Labute approximate surface area is 108 Å². The predicted octanol–water partition coefficient (Wildman–Crippen LogP) is 3.55. The van der Waals surface area contributed by atoms with Gasteiger partial charge in [-0.05, 0) is 37.7 Å². The van der Waals surface area contributed by atoms with Crippen LogP contribution in [0.4, 0.5) is 4.39 Å². The summed E-state index contributed by atoms with van der Waals surface area (Å²) in [6.07, 6.45) is 1.79. The monoisotopic (exact) mass is 270 g/mol. The summed E-state index contributed by atoms with van der Waals surface area (Å²) in [5.74, 6) is -0.286. The molecule has 0 bridgehead atoms. The van der Waals surface area contributed by atoms with Gasteiger partial charge in [-0.2, -0.15) is 0 Å². The number of hydrogen-bond donors (Lipinski definition) is 1. The van der Waals surface area contributed by atoms with E-state index in [9.17, 15) is 4.39 Å². The highest BCUT2D eigenvalue weighted by molar-refractivity contribution is 7.11. The summed E-state index contributed by atoms with van der Waals surface area (Å²) < 4.78 is 13.3. The topological polar surface area (TPSA) is 24.9 Å². The maximum Gasteiger partial charge on any atom is 0.123 e. The molecule has 2 aromatic rings. The average molecular weight is 271 g/mol. The molecule has 90 valence electrons. The highest BCUT2D eigenvalue weighted by Crippen LogP contribution is 2.31. The fourth-order valence-electron chi connectivity index (χ4n) is 1.70. The van der Waals surface area contributed by atoms with Crippen molar-refractivity contribution in [2.75, 3.05) is 7.05 Å². The van der Waals surface area contributed by atoms with Crippen LogP contribution in [0.1, 0.15) is 21.5 Å². The van der Waals surface area contributed by atoms with E-state index in [1.54, 1.807) is 23.6 Å². The number of nitrogens with zero attached hydrogens (tertiary/aromatic N) is 1. The molecular formula is C12H12ClFN2S. The zero-order valence-electron chi connectivity index (χ0n) is 9.50. The number of nitrogens with one attached hydrogen (secondary N) is 1. The van der Waals surface area contributed by atoms with E-state index in [2.05, 4.69) is 10.3 Å². The van der Waals surface area contributed by atoms with Gasteiger partial charge in [-0.1, -0.05) is 11.6 Å². The van der Waals surface area contributed by atoms with Crippen LogP contribution in [-0.4, -0.2) is 12.0 Å². The van der Waals surface area contributed by atoms with Gasteiger partial charge in [-0.3, -0.25) is 0 Å². The lowest BCUT2D eigenvalue weighted by Gasteiger charge is -2.16. The van der Waals surface area contributed by atoms with Crippen molar-refractivity contribution in [2.45, 2.75) is 13.0 Å². The van der Waals surface area contributed by atoms with Crippen LogP contribution in [0.15, 0.2) is 24.4 Å². The molecule has 0 radical (unpaired) electrons. The van der Waals surface area contributed by atoms with Gasteiger partial charge in [-0.25, -0.2) is 9.37 Å². The Bertz CT molecular complexity index is 527. The number of benzene rings is 1. The van der Waals surface area contributed by atoms with Crippen molar-refractivity contribution < 1.29 is 4.39 Å². The van der Waals surface area contributed by atoms with Crippen molar-refractivity contribution in [3.63, 3.8) is 0 Å². The average Bonchev–Trinajstić information content (AvgIpc) is 2.71. The van der Waals surface area contributed by atoms with E-state index >= 15 is 0 Å². The minimum Gasteiger partial charge on any atom is -0.309 e. The maximum atomic E-state index is 13.3. The van der Waals surface area contributed by atoms with E-state index in [-0.39, 0.29) is 11.9 Å². The van der Waals surface area contributed by atoms with Gasteiger partial charge in [0.1, 0.15) is 5.82 Å². The third-order valence-corrected chi connectivity index (χ3v) is 3.80. The van der Waals surface area contributed by atoms with Gasteiger partial charge in [0.15, 0.2) is 0 Å². The first kappa shape index (κ1) is 12.5. The molecular weight excluding hydrogens is 259 g/mol. The van der Waals surface area contributed by atoms with E-state index in [1.807, 2.05) is 14.0 Å². The molecule has 1 unspecified atom stereocenters. The summed E-state index contributed by atoms with van der Waals surface area (Å²) in [7, 11) is 1.82. The fraction of sp³-hybridized carbons (Fsp3) is 0.250. The molecule has 0 aliphatic carbocycles. The Kier molecular flexibility index (Phi) is 3.76. The van der Waals surface area contributed by atoms with Crippen LogP contribution in [0.3, 0.4) is 0 Å². The SMILES string of the molecule is CNC(c1cnc(C)s1)c1cc(F)ccc1Cl. The molecule has 17 heavy (non-hydrogen) atoms. The van der Waals surface area contributed by atoms with E-state index < -0.39 is 0 Å².